The van der Waals surface area contributed by atoms with Crippen LogP contribution in [0.25, 0.3) is 33.4 Å². The van der Waals surface area contributed by atoms with Crippen LogP contribution in [0.4, 0.5) is 11.5 Å². The van der Waals surface area contributed by atoms with Gasteiger partial charge in [-0.25, -0.2) is 9.97 Å². The van der Waals surface area contributed by atoms with Gasteiger partial charge in [0.25, 0.3) is 5.91 Å². The highest BCUT2D eigenvalue weighted by atomic mass is 16.2. The third-order valence-electron chi connectivity index (χ3n) is 8.18. The highest BCUT2D eigenvalue weighted by Gasteiger charge is 2.46. The molecule has 38 heavy (non-hydrogen) atoms. The second-order valence-corrected chi connectivity index (χ2v) is 10.7. The molecule has 3 heterocycles. The zero-order chi connectivity index (χ0) is 26.4. The van der Waals surface area contributed by atoms with Gasteiger partial charge in [-0.3, -0.25) is 9.59 Å². The van der Waals surface area contributed by atoms with E-state index in [-0.39, 0.29) is 11.8 Å². The van der Waals surface area contributed by atoms with E-state index < -0.39 is 0 Å². The summed E-state index contributed by atoms with van der Waals surface area (Å²) in [5, 5.41) is 3.67. The maximum absolute atomic E-state index is 13.2. The molecule has 8 heteroatoms. The molecule has 4 aromatic rings. The molecule has 0 unspecified atom stereocenters. The molecule has 2 fully saturated rings. The number of benzene rings is 2. The van der Waals surface area contributed by atoms with Crippen LogP contribution < -0.4 is 11.1 Å². The SMILES string of the molecule is CCC(=O)Nc1ccc(-c2c(-c3ccc(C(=O)N4CC5(CCCC5)C4)cc3)c3c(N)ncnc3n2C)cc1. The van der Waals surface area contributed by atoms with Gasteiger partial charge >= 0.3 is 0 Å². The molecule has 8 nitrogen and oxygen atoms in total. The van der Waals surface area contributed by atoms with Gasteiger partial charge in [-0.2, -0.15) is 0 Å². The van der Waals surface area contributed by atoms with Gasteiger partial charge < -0.3 is 20.5 Å². The van der Waals surface area contributed by atoms with Crippen molar-refractivity contribution in [1.29, 1.82) is 0 Å². The van der Waals surface area contributed by atoms with Crippen molar-refractivity contribution in [2.75, 3.05) is 24.1 Å². The van der Waals surface area contributed by atoms with Crippen LogP contribution in [0.15, 0.2) is 54.9 Å². The van der Waals surface area contributed by atoms with E-state index in [0.29, 0.717) is 23.2 Å². The normalized spacial score (nSPS) is 16.1. The number of nitrogens with zero attached hydrogens (tertiary/aromatic N) is 4. The summed E-state index contributed by atoms with van der Waals surface area (Å²) in [6, 6.07) is 15.5. The number of anilines is 2. The molecular weight excluding hydrogens is 476 g/mol. The van der Waals surface area contributed by atoms with Gasteiger partial charge in [0.1, 0.15) is 17.8 Å². The van der Waals surface area contributed by atoms with Gasteiger partial charge in [0.2, 0.25) is 5.91 Å². The summed E-state index contributed by atoms with van der Waals surface area (Å²) >= 11 is 0. The number of fused-ring (bicyclic) bond motifs is 1. The van der Waals surface area contributed by atoms with Crippen LogP contribution >= 0.6 is 0 Å². The number of nitrogen functional groups attached to an aromatic ring is 1. The molecule has 6 rings (SSSR count). The minimum absolute atomic E-state index is 0.0302. The monoisotopic (exact) mass is 508 g/mol. The van der Waals surface area contributed by atoms with E-state index in [1.165, 1.54) is 32.0 Å². The van der Waals surface area contributed by atoms with Gasteiger partial charge in [-0.1, -0.05) is 44.0 Å². The summed E-state index contributed by atoms with van der Waals surface area (Å²) in [5.74, 6) is 0.471. The highest BCUT2D eigenvalue weighted by Crippen LogP contribution is 2.46. The number of amides is 2. The number of carbonyl (C=O) groups excluding carboxylic acids is 2. The zero-order valence-corrected chi connectivity index (χ0v) is 21.8. The molecule has 1 aliphatic heterocycles. The Morgan fingerprint density at radius 2 is 1.63 bits per heavy atom. The first-order chi connectivity index (χ1) is 18.4. The van der Waals surface area contributed by atoms with E-state index in [9.17, 15) is 9.59 Å². The Morgan fingerprint density at radius 3 is 2.29 bits per heavy atom. The molecule has 2 aromatic carbocycles. The third-order valence-corrected chi connectivity index (χ3v) is 8.18. The Kier molecular flexibility index (Phi) is 5.90. The minimum Gasteiger partial charge on any atom is -0.383 e. The fourth-order valence-electron chi connectivity index (χ4n) is 6.17. The molecule has 1 aliphatic carbocycles. The first kappa shape index (κ1) is 24.2. The lowest BCUT2D eigenvalue weighted by molar-refractivity contribution is -0.115. The molecule has 3 N–H and O–H groups in total. The summed E-state index contributed by atoms with van der Waals surface area (Å²) in [7, 11) is 1.96. The summed E-state index contributed by atoms with van der Waals surface area (Å²) in [6.07, 6.45) is 6.95. The van der Waals surface area contributed by atoms with Crippen molar-refractivity contribution >= 4 is 34.4 Å². The van der Waals surface area contributed by atoms with Crippen molar-refractivity contribution in [3.63, 3.8) is 0 Å². The zero-order valence-electron chi connectivity index (χ0n) is 21.8. The van der Waals surface area contributed by atoms with E-state index >= 15 is 0 Å². The van der Waals surface area contributed by atoms with Crippen LogP contribution in [0.2, 0.25) is 0 Å². The Morgan fingerprint density at radius 1 is 0.974 bits per heavy atom. The van der Waals surface area contributed by atoms with Gasteiger partial charge in [0.15, 0.2) is 0 Å². The molecule has 2 amide bonds. The lowest BCUT2D eigenvalue weighted by Crippen LogP contribution is -2.57. The number of aryl methyl sites for hydroxylation is 1. The Labute approximate surface area is 221 Å². The first-order valence-corrected chi connectivity index (χ1v) is 13.3. The summed E-state index contributed by atoms with van der Waals surface area (Å²) in [4.78, 5) is 35.7. The molecular formula is C30H32N6O2. The summed E-state index contributed by atoms with van der Waals surface area (Å²) in [6.45, 7) is 3.58. The third kappa shape index (κ3) is 4.00. The fraction of sp³-hybridized carbons (Fsp3) is 0.333. The first-order valence-electron chi connectivity index (χ1n) is 13.3. The number of nitrogens with one attached hydrogen (secondary N) is 1. The highest BCUT2D eigenvalue weighted by molar-refractivity contribution is 6.08. The van der Waals surface area contributed by atoms with E-state index in [1.807, 2.05) is 72.0 Å². The molecule has 0 radical (unpaired) electrons. The van der Waals surface area contributed by atoms with E-state index in [2.05, 4.69) is 15.3 Å². The van der Waals surface area contributed by atoms with Crippen LogP contribution in [0.3, 0.4) is 0 Å². The molecule has 2 aromatic heterocycles. The van der Waals surface area contributed by atoms with Crippen LogP contribution in [-0.4, -0.2) is 44.3 Å². The van der Waals surface area contributed by atoms with Gasteiger partial charge in [-0.15, -0.1) is 0 Å². The molecule has 194 valence electrons. The maximum Gasteiger partial charge on any atom is 0.253 e. The quantitative estimate of drug-likeness (QED) is 0.383. The van der Waals surface area contributed by atoms with Crippen LogP contribution in [0.5, 0.6) is 0 Å². The van der Waals surface area contributed by atoms with Crippen molar-refractivity contribution in [2.45, 2.75) is 39.0 Å². The van der Waals surface area contributed by atoms with Crippen LogP contribution in [0, 0.1) is 5.41 Å². The van der Waals surface area contributed by atoms with Gasteiger partial charge in [0, 0.05) is 48.8 Å². The Bertz CT molecular complexity index is 1520. The van der Waals surface area contributed by atoms with Crippen molar-refractivity contribution in [3.8, 4) is 22.4 Å². The summed E-state index contributed by atoms with van der Waals surface area (Å²) in [5.41, 5.74) is 12.7. The minimum atomic E-state index is -0.0302. The smallest absolute Gasteiger partial charge is 0.253 e. The molecule has 0 bridgehead atoms. The van der Waals surface area contributed by atoms with E-state index in [0.717, 1.165) is 52.2 Å². The second kappa shape index (κ2) is 9.28. The predicted octanol–water partition coefficient (Wildman–Crippen LogP) is 5.25. The molecule has 1 spiro atoms. The number of carbonyl (C=O) groups is 2. The number of nitrogens with two attached hydrogens (primary N) is 1. The lowest BCUT2D eigenvalue weighted by Gasteiger charge is -2.48. The average molecular weight is 509 g/mol. The number of aromatic nitrogens is 3. The van der Waals surface area contributed by atoms with Gasteiger partial charge in [-0.05, 0) is 48.2 Å². The molecule has 2 aliphatic rings. The van der Waals surface area contributed by atoms with Crippen LogP contribution in [0.1, 0.15) is 49.4 Å². The molecule has 1 saturated carbocycles. The van der Waals surface area contributed by atoms with E-state index in [1.54, 1.807) is 0 Å². The van der Waals surface area contributed by atoms with Crippen molar-refractivity contribution in [2.24, 2.45) is 12.5 Å². The number of hydrogen-bond acceptors (Lipinski definition) is 5. The average Bonchev–Trinajstić information content (AvgIpc) is 3.52. The van der Waals surface area contributed by atoms with Crippen LogP contribution in [-0.2, 0) is 11.8 Å². The van der Waals surface area contributed by atoms with Crippen molar-refractivity contribution in [3.05, 3.63) is 60.4 Å². The lowest BCUT2D eigenvalue weighted by atomic mass is 9.78. The van der Waals surface area contributed by atoms with Crippen molar-refractivity contribution in [1.82, 2.24) is 19.4 Å². The van der Waals surface area contributed by atoms with E-state index in [4.69, 9.17) is 5.73 Å². The number of likely N-dealkylation sites (tertiary alicyclic amines) is 1. The Balaban J connectivity index is 1.36. The fourth-order valence-corrected chi connectivity index (χ4v) is 6.17. The predicted molar refractivity (Wildman–Crippen MR) is 150 cm³/mol. The van der Waals surface area contributed by atoms with Gasteiger partial charge in [0.05, 0.1) is 11.1 Å². The summed E-state index contributed by atoms with van der Waals surface area (Å²) < 4.78 is 2.02. The number of hydrogen-bond donors (Lipinski definition) is 2. The van der Waals surface area contributed by atoms with Crippen molar-refractivity contribution < 1.29 is 9.59 Å². The largest absolute Gasteiger partial charge is 0.383 e. The molecule has 1 saturated heterocycles. The Hall–Kier alpha value is -4.20. The second-order valence-electron chi connectivity index (χ2n) is 10.7. The number of rotatable bonds is 5. The topological polar surface area (TPSA) is 106 Å². The maximum atomic E-state index is 13.2. The molecule has 0 atom stereocenters. The standard InChI is InChI=1S/C30H32N6O2/c1-3-23(37)34-22-12-10-20(11-13-22)26-24(25-27(31)32-18-33-28(25)35(26)2)19-6-8-21(9-7-19)29(38)36-16-30(17-36)14-4-5-15-30/h6-13,18H,3-5,14-17H2,1-2H3,(H,34,37)(H2,31,32,33).